The number of rotatable bonds is 3. The van der Waals surface area contributed by atoms with E-state index in [0.29, 0.717) is 18.0 Å². The van der Waals surface area contributed by atoms with Gasteiger partial charge in [0, 0.05) is 30.1 Å². The topological polar surface area (TPSA) is 60.4 Å². The fraction of sp³-hybridized carbons (Fsp3) is 0.750. The minimum absolute atomic E-state index is 0.00349. The highest BCUT2D eigenvalue weighted by molar-refractivity contribution is 5.99. The van der Waals surface area contributed by atoms with E-state index >= 15 is 0 Å². The number of fused-ring (bicyclic) bond motifs is 9. The fourth-order valence-electron chi connectivity index (χ4n) is 6.63. The summed E-state index contributed by atoms with van der Waals surface area (Å²) in [7, 11) is 0. The molecule has 0 aromatic rings. The minimum Gasteiger partial charge on any atom is -0.459 e. The molecule has 0 spiro atoms. The molecule has 24 heavy (non-hydrogen) atoms. The number of carbonyl (C=O) groups excluding carboxylic acids is 3. The molecule has 128 valence electrons. The summed E-state index contributed by atoms with van der Waals surface area (Å²) in [4.78, 5) is 37.5. The van der Waals surface area contributed by atoms with Crippen LogP contribution in [0.3, 0.4) is 0 Å². The van der Waals surface area contributed by atoms with Gasteiger partial charge in [-0.3, -0.25) is 14.4 Å². The third-order valence-electron chi connectivity index (χ3n) is 7.54. The molecule has 5 aliphatic rings. The van der Waals surface area contributed by atoms with E-state index in [0.717, 1.165) is 32.1 Å². The Morgan fingerprint density at radius 2 is 1.79 bits per heavy atom. The second-order valence-corrected chi connectivity index (χ2v) is 8.86. The summed E-state index contributed by atoms with van der Waals surface area (Å²) in [6.45, 7) is 2.03. The van der Waals surface area contributed by atoms with Crippen molar-refractivity contribution in [3.63, 3.8) is 0 Å². The number of hydrogen-bond acceptors (Lipinski definition) is 4. The molecule has 0 aromatic heterocycles. The lowest BCUT2D eigenvalue weighted by Crippen LogP contribution is -2.34. The van der Waals surface area contributed by atoms with E-state index < -0.39 is 0 Å². The van der Waals surface area contributed by atoms with Gasteiger partial charge in [0.25, 0.3) is 0 Å². The van der Waals surface area contributed by atoms with Crippen molar-refractivity contribution in [2.75, 3.05) is 0 Å². The Morgan fingerprint density at radius 1 is 1.12 bits per heavy atom. The van der Waals surface area contributed by atoms with E-state index in [1.807, 2.05) is 19.1 Å². The van der Waals surface area contributed by atoms with Gasteiger partial charge in [-0.25, -0.2) is 0 Å². The Balaban J connectivity index is 1.31. The average Bonchev–Trinajstić information content (AvgIpc) is 3.29. The van der Waals surface area contributed by atoms with Gasteiger partial charge in [0.05, 0.1) is 0 Å². The Labute approximate surface area is 142 Å². The number of Topliss-reactive ketones (excluding diaryl/α,β-unsaturated/α-hetero) is 2. The maximum absolute atomic E-state index is 12.7. The van der Waals surface area contributed by atoms with Crippen molar-refractivity contribution in [2.45, 2.75) is 51.0 Å². The predicted octanol–water partition coefficient (Wildman–Crippen LogP) is 2.70. The second-order valence-electron chi connectivity index (χ2n) is 8.86. The summed E-state index contributed by atoms with van der Waals surface area (Å²) < 4.78 is 5.77. The van der Waals surface area contributed by atoms with Crippen LogP contribution in [0, 0.1) is 41.4 Å². The van der Waals surface area contributed by atoms with E-state index in [2.05, 4.69) is 0 Å². The fourth-order valence-corrected chi connectivity index (χ4v) is 6.63. The van der Waals surface area contributed by atoms with Crippen molar-refractivity contribution in [1.82, 2.24) is 0 Å². The van der Waals surface area contributed by atoms with Crippen molar-refractivity contribution in [3.05, 3.63) is 12.2 Å². The highest BCUT2D eigenvalue weighted by Crippen LogP contribution is 2.64. The average molecular weight is 328 g/mol. The first-order chi connectivity index (χ1) is 11.5. The highest BCUT2D eigenvalue weighted by Gasteiger charge is 2.68. The molecule has 5 rings (SSSR count). The highest BCUT2D eigenvalue weighted by atomic mass is 16.6. The zero-order chi connectivity index (χ0) is 16.6. The minimum atomic E-state index is -0.299. The number of ketones is 2. The molecule has 7 unspecified atom stereocenters. The molecule has 7 atom stereocenters. The summed E-state index contributed by atoms with van der Waals surface area (Å²) >= 11 is 0. The Kier molecular flexibility index (Phi) is 2.97. The summed E-state index contributed by atoms with van der Waals surface area (Å²) in [5, 5.41) is 0. The van der Waals surface area contributed by atoms with Gasteiger partial charge in [0.1, 0.15) is 17.2 Å². The summed E-state index contributed by atoms with van der Waals surface area (Å²) in [5.41, 5.74) is -0.299. The largest absolute Gasteiger partial charge is 0.459 e. The van der Waals surface area contributed by atoms with Crippen molar-refractivity contribution in [2.24, 2.45) is 41.4 Å². The van der Waals surface area contributed by atoms with Gasteiger partial charge >= 0.3 is 5.97 Å². The molecule has 0 heterocycles. The SMILES string of the molecule is CC1(OC(=O)CC2CC3C(=O)C2C2C4C=CC(C4=O)C32)CCCC1. The molecule has 4 nitrogen and oxygen atoms in total. The molecular formula is C20H24O4. The van der Waals surface area contributed by atoms with Crippen molar-refractivity contribution >= 4 is 17.5 Å². The van der Waals surface area contributed by atoms with Gasteiger partial charge in [-0.15, -0.1) is 0 Å². The number of allylic oxidation sites excluding steroid dienone is 2. The Bertz CT molecular complexity index is 657. The monoisotopic (exact) mass is 328 g/mol. The first-order valence-electron chi connectivity index (χ1n) is 9.46. The molecule has 4 heteroatoms. The zero-order valence-electron chi connectivity index (χ0n) is 14.1. The number of hydrogen-bond donors (Lipinski definition) is 0. The van der Waals surface area contributed by atoms with E-state index in [9.17, 15) is 14.4 Å². The smallest absolute Gasteiger partial charge is 0.306 e. The molecule has 4 fully saturated rings. The van der Waals surface area contributed by atoms with Crippen LogP contribution in [-0.4, -0.2) is 23.1 Å². The van der Waals surface area contributed by atoms with Crippen molar-refractivity contribution in [1.29, 1.82) is 0 Å². The quantitative estimate of drug-likeness (QED) is 0.454. The molecule has 0 amide bonds. The molecule has 5 aliphatic carbocycles. The third-order valence-corrected chi connectivity index (χ3v) is 7.54. The van der Waals surface area contributed by atoms with Gasteiger partial charge < -0.3 is 4.74 Å². The number of ether oxygens (including phenoxy) is 1. The summed E-state index contributed by atoms with van der Waals surface area (Å²) in [6.07, 6.45) is 9.30. The van der Waals surface area contributed by atoms with Crippen molar-refractivity contribution in [3.8, 4) is 0 Å². The van der Waals surface area contributed by atoms with E-state index in [1.54, 1.807) is 0 Å². The summed E-state index contributed by atoms with van der Waals surface area (Å²) in [6, 6.07) is 0. The Hall–Kier alpha value is -1.45. The molecule has 4 saturated carbocycles. The molecule has 0 N–H and O–H groups in total. The van der Waals surface area contributed by atoms with Crippen LogP contribution < -0.4 is 0 Å². The molecular weight excluding hydrogens is 304 g/mol. The predicted molar refractivity (Wildman–Crippen MR) is 85.8 cm³/mol. The molecule has 0 radical (unpaired) electrons. The summed E-state index contributed by atoms with van der Waals surface area (Å²) in [5.74, 6) is 0.789. The van der Waals surface area contributed by atoms with Crippen LogP contribution in [0.5, 0.6) is 0 Å². The van der Waals surface area contributed by atoms with Gasteiger partial charge in [-0.1, -0.05) is 12.2 Å². The lowest BCUT2D eigenvalue weighted by atomic mass is 9.69. The molecule has 4 bridgehead atoms. The van der Waals surface area contributed by atoms with Gasteiger partial charge in [-0.05, 0) is 56.8 Å². The lowest BCUT2D eigenvalue weighted by molar-refractivity contribution is -0.159. The van der Waals surface area contributed by atoms with Crippen LogP contribution in [0.4, 0.5) is 0 Å². The number of carbonyl (C=O) groups is 3. The number of esters is 1. The molecule has 0 aliphatic heterocycles. The molecule has 0 saturated heterocycles. The lowest BCUT2D eigenvalue weighted by Gasteiger charge is -2.34. The first kappa shape index (κ1) is 14.9. The van der Waals surface area contributed by atoms with Crippen LogP contribution in [-0.2, 0) is 19.1 Å². The van der Waals surface area contributed by atoms with Gasteiger partial charge in [-0.2, -0.15) is 0 Å². The second kappa shape index (κ2) is 4.80. The van der Waals surface area contributed by atoms with Gasteiger partial charge in [0.2, 0.25) is 0 Å². The van der Waals surface area contributed by atoms with Crippen LogP contribution >= 0.6 is 0 Å². The van der Waals surface area contributed by atoms with Crippen LogP contribution in [0.15, 0.2) is 12.2 Å². The van der Waals surface area contributed by atoms with Crippen LogP contribution in [0.1, 0.15) is 45.4 Å². The normalized spacial score (nSPS) is 46.8. The third kappa shape index (κ3) is 1.83. The molecule has 0 aromatic carbocycles. The maximum Gasteiger partial charge on any atom is 0.306 e. The standard InChI is InChI=1S/C20H24O4/c1-20(6-2-3-7-20)24-14(21)9-10-8-13-16-11-4-5-12(18(11)22)17(16)15(10)19(13)23/h4-5,10-13,15-17H,2-3,6-9H2,1H3. The van der Waals surface area contributed by atoms with E-state index in [1.165, 1.54) is 0 Å². The van der Waals surface area contributed by atoms with Crippen LogP contribution in [0.2, 0.25) is 0 Å². The Morgan fingerprint density at radius 3 is 2.50 bits per heavy atom. The van der Waals surface area contributed by atoms with E-state index in [-0.39, 0.29) is 53.0 Å². The van der Waals surface area contributed by atoms with Crippen LogP contribution in [0.25, 0.3) is 0 Å². The van der Waals surface area contributed by atoms with Crippen molar-refractivity contribution < 1.29 is 19.1 Å². The van der Waals surface area contributed by atoms with E-state index in [4.69, 9.17) is 4.74 Å². The first-order valence-corrected chi connectivity index (χ1v) is 9.46. The zero-order valence-corrected chi connectivity index (χ0v) is 14.1. The van der Waals surface area contributed by atoms with Gasteiger partial charge in [0.15, 0.2) is 0 Å². The maximum atomic E-state index is 12.7.